The first-order chi connectivity index (χ1) is 8.65. The van der Waals surface area contributed by atoms with Crippen molar-refractivity contribution in [3.05, 3.63) is 58.9 Å². The Morgan fingerprint density at radius 3 is 2.61 bits per heavy atom. The van der Waals surface area contributed by atoms with Crippen LogP contribution in [0.25, 0.3) is 0 Å². The maximum atomic E-state index is 11.9. The van der Waals surface area contributed by atoms with Crippen LogP contribution in [0, 0.1) is 0 Å². The molecule has 0 atom stereocenters. The molecule has 0 amide bonds. The zero-order valence-electron chi connectivity index (χ0n) is 10.2. The summed E-state index contributed by atoms with van der Waals surface area (Å²) in [5.74, 6) is 0.0939. The Balaban J connectivity index is 1.90. The van der Waals surface area contributed by atoms with Gasteiger partial charge in [-0.15, -0.1) is 0 Å². The van der Waals surface area contributed by atoms with Crippen molar-refractivity contribution >= 4 is 17.4 Å². The van der Waals surface area contributed by atoms with Gasteiger partial charge >= 0.3 is 0 Å². The van der Waals surface area contributed by atoms with E-state index in [0.29, 0.717) is 12.2 Å². The number of benzene rings is 1. The zero-order chi connectivity index (χ0) is 13.0. The lowest BCUT2D eigenvalue weighted by atomic mass is 10.2. The Morgan fingerprint density at radius 2 is 2.00 bits per heavy atom. The van der Waals surface area contributed by atoms with E-state index in [0.717, 1.165) is 17.1 Å². The Kier molecular flexibility index (Phi) is 4.18. The standard InChI is InChI=1S/C14H15ClN2O/c1-17(9-11-4-6-12(15)7-5-11)10-14(18)13-3-2-8-16-13/h2-8,16H,9-10H2,1H3. The SMILES string of the molecule is CN(CC(=O)c1ccc[nH]1)Cc1ccc(Cl)cc1. The number of aromatic nitrogens is 1. The molecule has 1 aromatic heterocycles. The van der Waals surface area contributed by atoms with E-state index in [1.165, 1.54) is 0 Å². The van der Waals surface area contributed by atoms with Crippen LogP contribution in [-0.2, 0) is 6.54 Å². The summed E-state index contributed by atoms with van der Waals surface area (Å²) >= 11 is 5.83. The molecule has 0 radical (unpaired) electrons. The van der Waals surface area contributed by atoms with Crippen LogP contribution in [0.4, 0.5) is 0 Å². The molecule has 0 unspecified atom stereocenters. The summed E-state index contributed by atoms with van der Waals surface area (Å²) in [6.45, 7) is 1.12. The fourth-order valence-electron chi connectivity index (χ4n) is 1.79. The van der Waals surface area contributed by atoms with Crippen molar-refractivity contribution in [2.45, 2.75) is 6.54 Å². The molecule has 0 fully saturated rings. The number of nitrogens with zero attached hydrogens (tertiary/aromatic N) is 1. The minimum atomic E-state index is 0.0939. The maximum Gasteiger partial charge on any atom is 0.192 e. The highest BCUT2D eigenvalue weighted by Crippen LogP contribution is 2.11. The van der Waals surface area contributed by atoms with E-state index < -0.39 is 0 Å². The van der Waals surface area contributed by atoms with E-state index in [4.69, 9.17) is 11.6 Å². The van der Waals surface area contributed by atoms with Crippen molar-refractivity contribution in [2.24, 2.45) is 0 Å². The summed E-state index contributed by atoms with van der Waals surface area (Å²) in [7, 11) is 1.93. The smallest absolute Gasteiger partial charge is 0.192 e. The lowest BCUT2D eigenvalue weighted by Crippen LogP contribution is -2.25. The van der Waals surface area contributed by atoms with Crippen LogP contribution >= 0.6 is 11.6 Å². The molecule has 3 nitrogen and oxygen atoms in total. The highest BCUT2D eigenvalue weighted by atomic mass is 35.5. The molecule has 1 aromatic carbocycles. The monoisotopic (exact) mass is 262 g/mol. The maximum absolute atomic E-state index is 11.9. The van der Waals surface area contributed by atoms with Crippen molar-refractivity contribution in [1.29, 1.82) is 0 Å². The third-order valence-corrected chi connectivity index (χ3v) is 2.93. The van der Waals surface area contributed by atoms with Gasteiger partial charge in [0, 0.05) is 17.8 Å². The lowest BCUT2D eigenvalue weighted by molar-refractivity contribution is 0.0938. The van der Waals surface area contributed by atoms with Gasteiger partial charge in [0.15, 0.2) is 5.78 Å². The van der Waals surface area contributed by atoms with Crippen molar-refractivity contribution in [3.8, 4) is 0 Å². The van der Waals surface area contributed by atoms with Crippen molar-refractivity contribution in [3.63, 3.8) is 0 Å². The highest BCUT2D eigenvalue weighted by Gasteiger charge is 2.10. The van der Waals surface area contributed by atoms with Gasteiger partial charge in [0.2, 0.25) is 0 Å². The Hall–Kier alpha value is -1.58. The van der Waals surface area contributed by atoms with E-state index in [2.05, 4.69) is 4.98 Å². The number of H-pyrrole nitrogens is 1. The second kappa shape index (κ2) is 5.85. The molecule has 0 saturated carbocycles. The number of Topliss-reactive ketones (excluding diaryl/α,β-unsaturated/α-hetero) is 1. The molecular formula is C14H15ClN2O. The summed E-state index contributed by atoms with van der Waals surface area (Å²) in [6, 6.07) is 11.3. The second-order valence-corrected chi connectivity index (χ2v) is 4.74. The van der Waals surface area contributed by atoms with Gasteiger partial charge in [0.05, 0.1) is 12.2 Å². The predicted molar refractivity (Wildman–Crippen MR) is 72.9 cm³/mol. The molecule has 18 heavy (non-hydrogen) atoms. The van der Waals surface area contributed by atoms with E-state index in [-0.39, 0.29) is 5.78 Å². The Morgan fingerprint density at radius 1 is 1.28 bits per heavy atom. The van der Waals surface area contributed by atoms with Gasteiger partial charge in [0.1, 0.15) is 0 Å². The van der Waals surface area contributed by atoms with Crippen LogP contribution in [0.1, 0.15) is 16.1 Å². The molecule has 1 N–H and O–H groups in total. The fraction of sp³-hybridized carbons (Fsp3) is 0.214. The Bertz CT molecular complexity index is 505. The summed E-state index contributed by atoms with van der Waals surface area (Å²) in [5.41, 5.74) is 1.79. The van der Waals surface area contributed by atoms with Gasteiger partial charge in [-0.25, -0.2) is 0 Å². The summed E-state index contributed by atoms with van der Waals surface area (Å²) in [4.78, 5) is 16.8. The first kappa shape index (κ1) is 12.9. The van der Waals surface area contributed by atoms with Crippen LogP contribution < -0.4 is 0 Å². The van der Waals surface area contributed by atoms with Crippen LogP contribution in [0.3, 0.4) is 0 Å². The van der Waals surface area contributed by atoms with E-state index in [1.807, 2.05) is 42.3 Å². The number of halogens is 1. The van der Waals surface area contributed by atoms with Crippen LogP contribution in [0.2, 0.25) is 5.02 Å². The number of hydrogen-bond acceptors (Lipinski definition) is 2. The zero-order valence-corrected chi connectivity index (χ0v) is 10.9. The van der Waals surface area contributed by atoms with Crippen LogP contribution in [0.15, 0.2) is 42.6 Å². The van der Waals surface area contributed by atoms with Crippen LogP contribution in [0.5, 0.6) is 0 Å². The number of likely N-dealkylation sites (N-methyl/N-ethyl adjacent to an activating group) is 1. The average molecular weight is 263 g/mol. The topological polar surface area (TPSA) is 36.1 Å². The molecule has 0 aliphatic heterocycles. The third kappa shape index (κ3) is 3.45. The van der Waals surface area contributed by atoms with E-state index in [1.54, 1.807) is 12.3 Å². The van der Waals surface area contributed by atoms with Gasteiger partial charge < -0.3 is 4.98 Å². The molecule has 0 aliphatic carbocycles. The molecule has 0 saturated heterocycles. The van der Waals surface area contributed by atoms with E-state index in [9.17, 15) is 4.79 Å². The van der Waals surface area contributed by atoms with Gasteiger partial charge in [-0.2, -0.15) is 0 Å². The fourth-order valence-corrected chi connectivity index (χ4v) is 1.92. The minimum Gasteiger partial charge on any atom is -0.359 e. The Labute approximate surface area is 111 Å². The number of nitrogens with one attached hydrogen (secondary N) is 1. The minimum absolute atomic E-state index is 0.0939. The molecule has 1 heterocycles. The molecule has 4 heteroatoms. The average Bonchev–Trinajstić information content (AvgIpc) is 2.85. The van der Waals surface area contributed by atoms with Crippen molar-refractivity contribution < 1.29 is 4.79 Å². The molecule has 2 rings (SSSR count). The molecule has 0 spiro atoms. The number of rotatable bonds is 5. The first-order valence-electron chi connectivity index (χ1n) is 5.75. The molecular weight excluding hydrogens is 248 g/mol. The molecule has 0 aliphatic rings. The molecule has 0 bridgehead atoms. The number of ketones is 1. The van der Waals surface area contributed by atoms with Crippen molar-refractivity contribution in [1.82, 2.24) is 9.88 Å². The normalized spacial score (nSPS) is 10.8. The quantitative estimate of drug-likeness (QED) is 0.841. The van der Waals surface area contributed by atoms with Gasteiger partial charge in [0.25, 0.3) is 0 Å². The van der Waals surface area contributed by atoms with Gasteiger partial charge in [-0.3, -0.25) is 9.69 Å². The highest BCUT2D eigenvalue weighted by molar-refractivity contribution is 6.30. The van der Waals surface area contributed by atoms with Gasteiger partial charge in [-0.05, 0) is 36.9 Å². The summed E-state index contributed by atoms with van der Waals surface area (Å²) < 4.78 is 0. The first-order valence-corrected chi connectivity index (χ1v) is 6.12. The molecule has 2 aromatic rings. The summed E-state index contributed by atoms with van der Waals surface area (Å²) in [6.07, 6.45) is 1.76. The lowest BCUT2D eigenvalue weighted by Gasteiger charge is -2.15. The number of carbonyl (C=O) groups excluding carboxylic acids is 1. The summed E-state index contributed by atoms with van der Waals surface area (Å²) in [5, 5.41) is 0.726. The van der Waals surface area contributed by atoms with E-state index >= 15 is 0 Å². The number of hydrogen-bond donors (Lipinski definition) is 1. The second-order valence-electron chi connectivity index (χ2n) is 4.31. The van der Waals surface area contributed by atoms with Crippen molar-refractivity contribution in [2.75, 3.05) is 13.6 Å². The third-order valence-electron chi connectivity index (χ3n) is 2.68. The number of aromatic amines is 1. The molecule has 94 valence electrons. The largest absolute Gasteiger partial charge is 0.359 e. The number of carbonyl (C=O) groups is 1. The van der Waals surface area contributed by atoms with Crippen LogP contribution in [-0.4, -0.2) is 29.3 Å². The van der Waals surface area contributed by atoms with Gasteiger partial charge in [-0.1, -0.05) is 23.7 Å². The predicted octanol–water partition coefficient (Wildman–Crippen LogP) is 2.98.